The number of aryl methyl sites for hydroxylation is 2. The minimum atomic E-state index is -3.59. The van der Waals surface area contributed by atoms with Crippen molar-refractivity contribution in [3.63, 3.8) is 0 Å². The van der Waals surface area contributed by atoms with Gasteiger partial charge in [0.2, 0.25) is 15.9 Å². The second-order valence-electron chi connectivity index (χ2n) is 7.50. The van der Waals surface area contributed by atoms with Gasteiger partial charge in [-0.05, 0) is 50.6 Å². The molecule has 1 saturated heterocycles. The number of piperazine rings is 1. The summed E-state index contributed by atoms with van der Waals surface area (Å²) in [6.07, 6.45) is 0. The smallest absolute Gasteiger partial charge is 0.243 e. The number of anilines is 1. The van der Waals surface area contributed by atoms with Gasteiger partial charge < -0.3 is 5.32 Å². The maximum Gasteiger partial charge on any atom is 0.243 e. The van der Waals surface area contributed by atoms with Crippen LogP contribution >= 0.6 is 11.6 Å². The number of benzene rings is 2. The van der Waals surface area contributed by atoms with Crippen molar-refractivity contribution < 1.29 is 17.6 Å². The summed E-state index contributed by atoms with van der Waals surface area (Å²) in [5.74, 6) is -0.964. The third-order valence-electron chi connectivity index (χ3n) is 5.34. The van der Waals surface area contributed by atoms with Crippen molar-refractivity contribution in [2.45, 2.75) is 31.7 Å². The second-order valence-corrected chi connectivity index (χ2v) is 9.84. The van der Waals surface area contributed by atoms with Crippen LogP contribution < -0.4 is 5.32 Å². The molecule has 6 nitrogen and oxygen atoms in total. The van der Waals surface area contributed by atoms with Gasteiger partial charge in [0.05, 0.1) is 16.6 Å². The number of nitrogens with one attached hydrogen (secondary N) is 1. The Labute approximate surface area is 181 Å². The van der Waals surface area contributed by atoms with Crippen molar-refractivity contribution in [1.29, 1.82) is 0 Å². The first-order valence-electron chi connectivity index (χ1n) is 9.67. The van der Waals surface area contributed by atoms with Gasteiger partial charge in [0.1, 0.15) is 5.82 Å². The zero-order valence-electron chi connectivity index (χ0n) is 17.2. The van der Waals surface area contributed by atoms with E-state index in [0.29, 0.717) is 18.0 Å². The van der Waals surface area contributed by atoms with E-state index in [2.05, 4.69) is 5.32 Å². The van der Waals surface area contributed by atoms with E-state index in [4.69, 9.17) is 11.6 Å². The van der Waals surface area contributed by atoms with Crippen molar-refractivity contribution >= 4 is 33.2 Å². The van der Waals surface area contributed by atoms with Crippen LogP contribution in [0.15, 0.2) is 41.3 Å². The third kappa shape index (κ3) is 4.83. The van der Waals surface area contributed by atoms with Gasteiger partial charge in [-0.2, -0.15) is 4.31 Å². The number of hydrogen-bond acceptors (Lipinski definition) is 4. The van der Waals surface area contributed by atoms with Crippen LogP contribution in [0.25, 0.3) is 0 Å². The fraction of sp³-hybridized carbons (Fsp3) is 0.381. The summed E-state index contributed by atoms with van der Waals surface area (Å²) in [5, 5.41) is 2.82. The maximum atomic E-state index is 13.9. The minimum absolute atomic E-state index is 0.0623. The Balaban J connectivity index is 1.63. The van der Waals surface area contributed by atoms with Gasteiger partial charge >= 0.3 is 0 Å². The van der Waals surface area contributed by atoms with Crippen molar-refractivity contribution in [3.8, 4) is 0 Å². The molecule has 30 heavy (non-hydrogen) atoms. The lowest BCUT2D eigenvalue weighted by Gasteiger charge is -2.36. The lowest BCUT2D eigenvalue weighted by Crippen LogP contribution is -2.54. The molecule has 2 aromatic carbocycles. The SMILES string of the molecule is Cc1ccc(S(=O)(=O)N2CCN(C(C)C(=O)Nc3ccc(Cl)cc3F)CC2)c(C)c1. The van der Waals surface area contributed by atoms with Gasteiger partial charge in [-0.25, -0.2) is 12.8 Å². The van der Waals surface area contributed by atoms with Crippen LogP contribution in [-0.4, -0.2) is 55.8 Å². The van der Waals surface area contributed by atoms with Gasteiger partial charge in [0.15, 0.2) is 0 Å². The van der Waals surface area contributed by atoms with Gasteiger partial charge in [-0.15, -0.1) is 0 Å². The number of carbonyl (C=O) groups excluding carboxylic acids is 1. The molecule has 0 bridgehead atoms. The van der Waals surface area contributed by atoms with E-state index in [1.807, 2.05) is 17.9 Å². The molecule has 1 aliphatic rings. The van der Waals surface area contributed by atoms with Crippen LogP contribution in [-0.2, 0) is 14.8 Å². The van der Waals surface area contributed by atoms with Crippen LogP contribution in [0.3, 0.4) is 0 Å². The lowest BCUT2D eigenvalue weighted by atomic mass is 10.2. The molecule has 1 heterocycles. The molecule has 0 saturated carbocycles. The molecule has 1 aliphatic heterocycles. The number of amides is 1. The third-order valence-corrected chi connectivity index (χ3v) is 7.63. The Morgan fingerprint density at radius 2 is 1.77 bits per heavy atom. The van der Waals surface area contributed by atoms with Crippen molar-refractivity contribution in [2.75, 3.05) is 31.5 Å². The Kier molecular flexibility index (Phi) is 6.81. The molecular formula is C21H25ClFN3O3S. The van der Waals surface area contributed by atoms with E-state index in [9.17, 15) is 17.6 Å². The highest BCUT2D eigenvalue weighted by Crippen LogP contribution is 2.23. The lowest BCUT2D eigenvalue weighted by molar-refractivity contribution is -0.121. The number of rotatable bonds is 5. The number of carbonyl (C=O) groups is 1. The summed E-state index contributed by atoms with van der Waals surface area (Å²) < 4.78 is 41.4. The molecule has 1 N–H and O–H groups in total. The molecule has 0 spiro atoms. The van der Waals surface area contributed by atoms with E-state index >= 15 is 0 Å². The van der Waals surface area contributed by atoms with Gasteiger partial charge in [0.25, 0.3) is 0 Å². The average Bonchev–Trinajstić information content (AvgIpc) is 2.69. The molecule has 0 aliphatic carbocycles. The van der Waals surface area contributed by atoms with E-state index in [1.165, 1.54) is 16.4 Å². The highest BCUT2D eigenvalue weighted by atomic mass is 35.5. The van der Waals surface area contributed by atoms with Crippen molar-refractivity contribution in [3.05, 3.63) is 58.4 Å². The van der Waals surface area contributed by atoms with Gasteiger partial charge in [0, 0.05) is 31.2 Å². The summed E-state index contributed by atoms with van der Waals surface area (Å²) in [6, 6.07) is 8.80. The molecule has 1 fully saturated rings. The summed E-state index contributed by atoms with van der Waals surface area (Å²) >= 11 is 5.74. The first kappa shape index (κ1) is 22.7. The summed E-state index contributed by atoms with van der Waals surface area (Å²) in [5.41, 5.74) is 1.79. The monoisotopic (exact) mass is 453 g/mol. The van der Waals surface area contributed by atoms with Crippen molar-refractivity contribution in [1.82, 2.24) is 9.21 Å². The number of nitrogens with zero attached hydrogens (tertiary/aromatic N) is 2. The fourth-order valence-electron chi connectivity index (χ4n) is 3.55. The fourth-order valence-corrected chi connectivity index (χ4v) is 5.34. The van der Waals surface area contributed by atoms with Crippen LogP contribution in [0.1, 0.15) is 18.1 Å². The Hall–Kier alpha value is -2.00. The number of sulfonamides is 1. The predicted octanol–water partition coefficient (Wildman–Crippen LogP) is 3.43. The van der Waals surface area contributed by atoms with E-state index in [1.54, 1.807) is 26.0 Å². The van der Waals surface area contributed by atoms with Gasteiger partial charge in [-0.1, -0.05) is 29.3 Å². The van der Waals surface area contributed by atoms with Crippen LogP contribution in [0.5, 0.6) is 0 Å². The molecule has 2 aromatic rings. The summed E-state index contributed by atoms with van der Waals surface area (Å²) in [7, 11) is -3.59. The quantitative estimate of drug-likeness (QED) is 0.753. The topological polar surface area (TPSA) is 69.7 Å². The maximum absolute atomic E-state index is 13.9. The summed E-state index contributed by atoms with van der Waals surface area (Å²) in [6.45, 7) is 6.80. The normalized spacial score (nSPS) is 17.0. The molecule has 1 amide bonds. The van der Waals surface area contributed by atoms with E-state index < -0.39 is 21.9 Å². The minimum Gasteiger partial charge on any atom is -0.322 e. The molecule has 1 atom stereocenters. The van der Waals surface area contributed by atoms with E-state index in [-0.39, 0.29) is 29.7 Å². The average molecular weight is 454 g/mol. The highest BCUT2D eigenvalue weighted by Gasteiger charge is 2.32. The zero-order valence-corrected chi connectivity index (χ0v) is 18.7. The molecule has 1 unspecified atom stereocenters. The van der Waals surface area contributed by atoms with Crippen molar-refractivity contribution in [2.24, 2.45) is 0 Å². The second kappa shape index (κ2) is 9.01. The Morgan fingerprint density at radius 3 is 2.37 bits per heavy atom. The molecular weight excluding hydrogens is 429 g/mol. The standard InChI is InChI=1S/C21H25ClFN3O3S/c1-14-4-7-20(15(2)12-14)30(28,29)26-10-8-25(9-11-26)16(3)21(27)24-19-6-5-17(22)13-18(19)23/h4-7,12-13,16H,8-11H2,1-3H3,(H,24,27). The number of halogens is 2. The Bertz CT molecular complexity index is 1050. The largest absolute Gasteiger partial charge is 0.322 e. The summed E-state index contributed by atoms with van der Waals surface area (Å²) in [4.78, 5) is 14.7. The highest BCUT2D eigenvalue weighted by molar-refractivity contribution is 7.89. The predicted molar refractivity (Wildman–Crippen MR) is 116 cm³/mol. The van der Waals surface area contributed by atoms with Crippen LogP contribution in [0, 0.1) is 19.7 Å². The first-order valence-corrected chi connectivity index (χ1v) is 11.5. The molecule has 0 aromatic heterocycles. The van der Waals surface area contributed by atoms with E-state index in [0.717, 1.165) is 17.2 Å². The zero-order chi connectivity index (χ0) is 22.1. The Morgan fingerprint density at radius 1 is 1.10 bits per heavy atom. The molecule has 3 rings (SSSR count). The molecule has 162 valence electrons. The molecule has 0 radical (unpaired) electrons. The first-order chi connectivity index (χ1) is 14.1. The number of hydrogen-bond donors (Lipinski definition) is 1. The van der Waals surface area contributed by atoms with Crippen LogP contribution in [0.4, 0.5) is 10.1 Å². The van der Waals surface area contributed by atoms with Gasteiger partial charge in [-0.3, -0.25) is 9.69 Å². The molecule has 9 heteroatoms. The van der Waals surface area contributed by atoms with Crippen LogP contribution in [0.2, 0.25) is 5.02 Å².